The highest BCUT2D eigenvalue weighted by atomic mass is 16.4. The molecule has 164 valence electrons. The smallest absolute Gasteiger partial charge is 0.303 e. The third-order valence-corrected chi connectivity index (χ3v) is 7.70. The first-order valence-corrected chi connectivity index (χ1v) is 11.9. The Kier molecular flexibility index (Phi) is 8.37. The summed E-state index contributed by atoms with van der Waals surface area (Å²) in [5.74, 6) is 1.60. The molecule has 0 saturated heterocycles. The molecule has 0 aromatic carbocycles. The summed E-state index contributed by atoms with van der Waals surface area (Å²) in [6.45, 7) is 2.24. The minimum atomic E-state index is -0.725. The van der Waals surface area contributed by atoms with Gasteiger partial charge in [-0.3, -0.25) is 4.79 Å². The highest BCUT2D eigenvalue weighted by Crippen LogP contribution is 2.50. The van der Waals surface area contributed by atoms with Gasteiger partial charge in [0.2, 0.25) is 0 Å². The van der Waals surface area contributed by atoms with Gasteiger partial charge in [-0.2, -0.15) is 0 Å². The van der Waals surface area contributed by atoms with Crippen molar-refractivity contribution >= 4 is 5.97 Å². The molecule has 0 radical (unpaired) electrons. The lowest BCUT2D eigenvalue weighted by Crippen LogP contribution is -2.20. The Morgan fingerprint density at radius 3 is 2.79 bits per heavy atom. The maximum Gasteiger partial charge on any atom is 0.303 e. The molecule has 0 aromatic rings. The first-order chi connectivity index (χ1) is 14.0. The number of aliphatic carboxylic acids is 1. The zero-order valence-electron chi connectivity index (χ0n) is 18.0. The Balaban J connectivity index is 1.49. The Morgan fingerprint density at radius 1 is 1.21 bits per heavy atom. The van der Waals surface area contributed by atoms with Crippen molar-refractivity contribution in [2.45, 2.75) is 96.2 Å². The van der Waals surface area contributed by atoms with Crippen molar-refractivity contribution < 1.29 is 20.1 Å². The number of carboxylic acids is 1. The van der Waals surface area contributed by atoms with Crippen LogP contribution < -0.4 is 0 Å². The van der Waals surface area contributed by atoms with Gasteiger partial charge in [0.15, 0.2) is 0 Å². The summed E-state index contributed by atoms with van der Waals surface area (Å²) in [7, 11) is 0. The number of hydrogen-bond acceptors (Lipinski definition) is 3. The van der Waals surface area contributed by atoms with Crippen LogP contribution in [0, 0.1) is 29.6 Å². The molecule has 29 heavy (non-hydrogen) atoms. The number of hydrogen-bond donors (Lipinski definition) is 3. The summed E-state index contributed by atoms with van der Waals surface area (Å²) in [4.78, 5) is 10.6. The van der Waals surface area contributed by atoms with Crippen molar-refractivity contribution in [1.82, 2.24) is 0 Å². The summed E-state index contributed by atoms with van der Waals surface area (Å²) >= 11 is 0. The van der Waals surface area contributed by atoms with Crippen molar-refractivity contribution in [3.8, 4) is 0 Å². The van der Waals surface area contributed by atoms with E-state index in [-0.39, 0.29) is 24.5 Å². The first-order valence-electron chi connectivity index (χ1n) is 11.9. The van der Waals surface area contributed by atoms with Crippen molar-refractivity contribution in [1.29, 1.82) is 0 Å². The van der Waals surface area contributed by atoms with Crippen LogP contribution in [0.5, 0.6) is 0 Å². The molecule has 2 unspecified atom stereocenters. The number of carbonyl (C=O) groups is 1. The van der Waals surface area contributed by atoms with Crippen LogP contribution in [0.1, 0.15) is 84.0 Å². The molecule has 0 amide bonds. The number of carboxylic acid groups (broad SMARTS) is 1. The van der Waals surface area contributed by atoms with Crippen LogP contribution in [0.15, 0.2) is 23.8 Å². The summed E-state index contributed by atoms with van der Waals surface area (Å²) in [5.41, 5.74) is 1.44. The molecule has 3 aliphatic carbocycles. The number of aliphatic hydroxyl groups excluding tert-OH is 2. The minimum absolute atomic E-state index is 0.150. The third-order valence-electron chi connectivity index (χ3n) is 7.70. The summed E-state index contributed by atoms with van der Waals surface area (Å²) in [6.07, 6.45) is 17.7. The van der Waals surface area contributed by atoms with E-state index in [2.05, 4.69) is 19.1 Å². The number of unbranched alkanes of at least 4 members (excludes halogenated alkanes) is 2. The zero-order chi connectivity index (χ0) is 20.8. The van der Waals surface area contributed by atoms with Gasteiger partial charge in [0.25, 0.3) is 0 Å². The largest absolute Gasteiger partial charge is 0.481 e. The summed E-state index contributed by atoms with van der Waals surface area (Å²) < 4.78 is 0. The first kappa shape index (κ1) is 22.6. The number of allylic oxidation sites excluding steroid dienone is 2. The normalized spacial score (nSPS) is 36.9. The molecule has 0 bridgehead atoms. The predicted molar refractivity (Wildman–Crippen MR) is 115 cm³/mol. The quantitative estimate of drug-likeness (QED) is 0.350. The number of fused-ring (bicyclic) bond motifs is 1. The molecule has 3 rings (SSSR count). The molecule has 7 atom stereocenters. The molecule has 3 aliphatic rings. The fraction of sp³-hybridized carbons (Fsp3) is 0.800. The molecule has 0 aliphatic heterocycles. The lowest BCUT2D eigenvalue weighted by molar-refractivity contribution is -0.137. The predicted octanol–water partition coefficient (Wildman–Crippen LogP) is 5.10. The molecule has 3 N–H and O–H groups in total. The maximum absolute atomic E-state index is 10.7. The van der Waals surface area contributed by atoms with Gasteiger partial charge in [-0.25, -0.2) is 0 Å². The van der Waals surface area contributed by atoms with Crippen LogP contribution in [0.2, 0.25) is 0 Å². The topological polar surface area (TPSA) is 77.8 Å². The van der Waals surface area contributed by atoms with E-state index in [1.54, 1.807) is 0 Å². The zero-order valence-corrected chi connectivity index (χ0v) is 18.0. The average Bonchev–Trinajstić information content (AvgIpc) is 3.37. The van der Waals surface area contributed by atoms with Crippen molar-refractivity contribution in [2.75, 3.05) is 0 Å². The fourth-order valence-corrected chi connectivity index (χ4v) is 6.08. The Labute approximate surface area is 176 Å². The van der Waals surface area contributed by atoms with Crippen LogP contribution >= 0.6 is 0 Å². The van der Waals surface area contributed by atoms with E-state index in [1.165, 1.54) is 31.3 Å². The fourth-order valence-electron chi connectivity index (χ4n) is 6.08. The van der Waals surface area contributed by atoms with Crippen LogP contribution in [-0.2, 0) is 4.79 Å². The van der Waals surface area contributed by atoms with Crippen LogP contribution in [0.25, 0.3) is 0 Å². The lowest BCUT2D eigenvalue weighted by atomic mass is 9.89. The maximum atomic E-state index is 10.7. The summed E-state index contributed by atoms with van der Waals surface area (Å²) in [5, 5.41) is 30.0. The molecule has 0 spiro atoms. The number of rotatable bonds is 10. The molecular formula is C25H40O4. The van der Waals surface area contributed by atoms with E-state index in [1.807, 2.05) is 6.08 Å². The molecule has 0 aromatic heterocycles. The standard InChI is InChI=1S/C25H40O4/c1-2-3-6-17-9-10-19(13-17)23(26)12-11-21-22-15-18(7-4-5-8-25(28)29)14-20(22)16-24(21)27/h7,11-12,17,19-24,26-27H,2-6,8-10,13-16H2,1H3,(H,28,29)/b12-11+,18-7+/t17?,19?,20-,21-,22+,23+,24-/m1/s1. The lowest BCUT2D eigenvalue weighted by Gasteiger charge is -2.19. The second-order valence-corrected chi connectivity index (χ2v) is 9.82. The van der Waals surface area contributed by atoms with Crippen LogP contribution in [0.3, 0.4) is 0 Å². The molecule has 4 heteroatoms. The number of aliphatic hydroxyl groups is 2. The van der Waals surface area contributed by atoms with E-state index in [0.29, 0.717) is 24.2 Å². The van der Waals surface area contributed by atoms with E-state index >= 15 is 0 Å². The van der Waals surface area contributed by atoms with Crippen LogP contribution in [0.4, 0.5) is 0 Å². The second-order valence-electron chi connectivity index (χ2n) is 9.82. The van der Waals surface area contributed by atoms with Gasteiger partial charge in [0.05, 0.1) is 12.2 Å². The van der Waals surface area contributed by atoms with E-state index in [9.17, 15) is 15.0 Å². The SMILES string of the molecule is CCCCC1CCC([C@@H](O)/C=C/[C@@H]2[C@H]3C/C(=C/CCCC(=O)O)C[C@@H]3C[C@H]2O)C1. The molecule has 4 nitrogen and oxygen atoms in total. The van der Waals surface area contributed by atoms with Gasteiger partial charge in [0, 0.05) is 12.3 Å². The van der Waals surface area contributed by atoms with Gasteiger partial charge in [-0.15, -0.1) is 0 Å². The highest BCUT2D eigenvalue weighted by molar-refractivity contribution is 5.66. The van der Waals surface area contributed by atoms with E-state index in [0.717, 1.165) is 44.4 Å². The third kappa shape index (κ3) is 6.18. The Hall–Kier alpha value is -1.13. The van der Waals surface area contributed by atoms with Gasteiger partial charge in [0.1, 0.15) is 0 Å². The van der Waals surface area contributed by atoms with E-state index in [4.69, 9.17) is 5.11 Å². The average molecular weight is 405 g/mol. The molecule has 3 fully saturated rings. The van der Waals surface area contributed by atoms with Gasteiger partial charge in [-0.1, -0.05) is 56.4 Å². The monoisotopic (exact) mass is 404 g/mol. The summed E-state index contributed by atoms with van der Waals surface area (Å²) in [6, 6.07) is 0. The molecular weight excluding hydrogens is 364 g/mol. The Morgan fingerprint density at radius 2 is 2.03 bits per heavy atom. The van der Waals surface area contributed by atoms with Crippen molar-refractivity contribution in [2.24, 2.45) is 29.6 Å². The molecule has 0 heterocycles. The second kappa shape index (κ2) is 10.8. The van der Waals surface area contributed by atoms with Crippen LogP contribution in [-0.4, -0.2) is 33.5 Å². The molecule has 3 saturated carbocycles. The van der Waals surface area contributed by atoms with Crippen molar-refractivity contribution in [3.63, 3.8) is 0 Å². The van der Waals surface area contributed by atoms with E-state index < -0.39 is 5.97 Å². The van der Waals surface area contributed by atoms with Gasteiger partial charge >= 0.3 is 5.97 Å². The van der Waals surface area contributed by atoms with Gasteiger partial charge < -0.3 is 15.3 Å². The Bertz CT molecular complexity index is 596. The minimum Gasteiger partial charge on any atom is -0.481 e. The van der Waals surface area contributed by atoms with Gasteiger partial charge in [-0.05, 0) is 68.6 Å². The van der Waals surface area contributed by atoms with Crippen molar-refractivity contribution in [3.05, 3.63) is 23.8 Å². The highest BCUT2D eigenvalue weighted by Gasteiger charge is 2.45.